The molecule has 0 aliphatic carbocycles. The molecule has 0 fully saturated rings. The van der Waals surface area contributed by atoms with Crippen molar-refractivity contribution in [3.05, 3.63) is 118 Å². The van der Waals surface area contributed by atoms with Gasteiger partial charge >= 0.3 is 0 Å². The average molecular weight is 420 g/mol. The van der Waals surface area contributed by atoms with Crippen LogP contribution in [-0.2, 0) is 10.8 Å². The zero-order chi connectivity index (χ0) is 22.9. The van der Waals surface area contributed by atoms with Gasteiger partial charge in [0.2, 0.25) is 0 Å². The summed E-state index contributed by atoms with van der Waals surface area (Å²) < 4.78 is 0. The Morgan fingerprint density at radius 2 is 1.09 bits per heavy atom. The number of rotatable bonds is 3. The highest BCUT2D eigenvalue weighted by Gasteiger charge is 2.20. The summed E-state index contributed by atoms with van der Waals surface area (Å²) in [4.78, 5) is 5.06. The van der Waals surface area contributed by atoms with E-state index in [1.165, 1.54) is 22.3 Å². The summed E-state index contributed by atoms with van der Waals surface area (Å²) in [5.41, 5.74) is 9.67. The van der Waals surface area contributed by atoms with Crippen LogP contribution in [0.1, 0.15) is 69.4 Å². The van der Waals surface area contributed by atoms with Crippen LogP contribution in [0.25, 0.3) is 11.6 Å². The minimum absolute atomic E-state index is 0.141. The van der Waals surface area contributed by atoms with E-state index in [9.17, 15) is 0 Å². The first-order valence-corrected chi connectivity index (χ1v) is 11.4. The van der Waals surface area contributed by atoms with Crippen LogP contribution in [0.4, 0.5) is 0 Å². The van der Waals surface area contributed by atoms with Crippen molar-refractivity contribution in [1.82, 2.24) is 0 Å². The smallest absolute Gasteiger partial charge is 0.0722 e. The van der Waals surface area contributed by atoms with Gasteiger partial charge in [-0.05, 0) is 45.2 Å². The zero-order valence-electron chi connectivity index (χ0n) is 20.1. The molecule has 0 spiro atoms. The van der Waals surface area contributed by atoms with Crippen LogP contribution in [0.15, 0.2) is 95.6 Å². The third-order valence-corrected chi connectivity index (χ3v) is 6.01. The molecule has 0 atom stereocenters. The average Bonchev–Trinajstić information content (AvgIpc) is 3.17. The van der Waals surface area contributed by atoms with Gasteiger partial charge in [0.1, 0.15) is 0 Å². The second kappa shape index (κ2) is 8.39. The number of hydrogen-bond donors (Lipinski definition) is 0. The summed E-state index contributed by atoms with van der Waals surface area (Å²) in [5.74, 6) is 0. The van der Waals surface area contributed by atoms with Gasteiger partial charge in [-0.2, -0.15) is 0 Å². The molecule has 0 bridgehead atoms. The maximum absolute atomic E-state index is 5.06. The molecule has 32 heavy (non-hydrogen) atoms. The van der Waals surface area contributed by atoms with Gasteiger partial charge in [-0.25, -0.2) is 4.99 Å². The largest absolute Gasteiger partial charge is 0.248 e. The van der Waals surface area contributed by atoms with E-state index in [1.54, 1.807) is 0 Å². The first-order valence-electron chi connectivity index (χ1n) is 11.4. The molecule has 162 valence electrons. The van der Waals surface area contributed by atoms with Crippen LogP contribution in [0.2, 0.25) is 0 Å². The zero-order valence-corrected chi connectivity index (χ0v) is 20.1. The molecule has 1 aliphatic heterocycles. The Morgan fingerprint density at radius 3 is 1.59 bits per heavy atom. The van der Waals surface area contributed by atoms with E-state index < -0.39 is 0 Å². The van der Waals surface area contributed by atoms with Crippen molar-refractivity contribution in [1.29, 1.82) is 0 Å². The third kappa shape index (κ3) is 4.83. The number of benzene rings is 3. The molecule has 3 aromatic rings. The van der Waals surface area contributed by atoms with Crippen LogP contribution >= 0.6 is 0 Å². The lowest BCUT2D eigenvalue weighted by Crippen LogP contribution is -2.11. The molecule has 0 aromatic heterocycles. The molecule has 1 aliphatic rings. The van der Waals surface area contributed by atoms with Gasteiger partial charge in [0.25, 0.3) is 0 Å². The van der Waals surface area contributed by atoms with Gasteiger partial charge < -0.3 is 0 Å². The Bertz CT molecular complexity index is 1170. The number of allylic oxidation sites excluding steroid dienone is 2. The van der Waals surface area contributed by atoms with Crippen molar-refractivity contribution in [3.8, 4) is 0 Å². The monoisotopic (exact) mass is 419 g/mol. The second-order valence-electron chi connectivity index (χ2n) is 10.7. The Labute approximate surface area is 193 Å². The van der Waals surface area contributed by atoms with Crippen molar-refractivity contribution in [2.45, 2.75) is 52.4 Å². The van der Waals surface area contributed by atoms with E-state index in [1.807, 2.05) is 6.07 Å². The van der Waals surface area contributed by atoms with Crippen molar-refractivity contribution in [2.75, 3.05) is 0 Å². The third-order valence-electron chi connectivity index (χ3n) is 6.01. The van der Waals surface area contributed by atoms with Crippen LogP contribution in [0.3, 0.4) is 0 Å². The van der Waals surface area contributed by atoms with Crippen LogP contribution in [0.5, 0.6) is 0 Å². The molecule has 1 heterocycles. The molecule has 0 unspecified atom stereocenters. The molecule has 1 heteroatoms. The lowest BCUT2D eigenvalue weighted by atomic mass is 9.86. The molecule has 3 aromatic carbocycles. The quantitative estimate of drug-likeness (QED) is 0.405. The molecule has 0 saturated heterocycles. The van der Waals surface area contributed by atoms with Crippen molar-refractivity contribution in [3.63, 3.8) is 0 Å². The minimum atomic E-state index is 0.141. The molecule has 1 nitrogen and oxygen atoms in total. The maximum atomic E-state index is 5.06. The molecule has 0 amide bonds. The SMILES string of the molecule is CC(C)(C)c1ccc(C2=CC(c3ccc(C(C)(C)C)cc3)=NC2=Cc2ccccc2)cc1. The molecule has 0 N–H and O–H groups in total. The summed E-state index contributed by atoms with van der Waals surface area (Å²) in [6.07, 6.45) is 4.41. The molecular formula is C31H33N. The first-order chi connectivity index (χ1) is 15.1. The topological polar surface area (TPSA) is 12.4 Å². The maximum Gasteiger partial charge on any atom is 0.0722 e. The number of aliphatic imine (C=N–C) groups is 1. The molecular weight excluding hydrogens is 386 g/mol. The lowest BCUT2D eigenvalue weighted by Gasteiger charge is -2.19. The van der Waals surface area contributed by atoms with Crippen LogP contribution < -0.4 is 0 Å². The highest BCUT2D eigenvalue weighted by molar-refractivity contribution is 6.18. The Kier molecular flexibility index (Phi) is 5.77. The summed E-state index contributed by atoms with van der Waals surface area (Å²) in [7, 11) is 0. The van der Waals surface area contributed by atoms with Crippen molar-refractivity contribution in [2.24, 2.45) is 4.99 Å². The first kappa shape index (κ1) is 22.0. The van der Waals surface area contributed by atoms with E-state index in [4.69, 9.17) is 4.99 Å². The van der Waals surface area contributed by atoms with Gasteiger partial charge in [-0.3, -0.25) is 0 Å². The van der Waals surface area contributed by atoms with Gasteiger partial charge in [0.15, 0.2) is 0 Å². The summed E-state index contributed by atoms with van der Waals surface area (Å²) >= 11 is 0. The minimum Gasteiger partial charge on any atom is -0.248 e. The van der Waals surface area contributed by atoms with Gasteiger partial charge in [0.05, 0.1) is 11.4 Å². The standard InChI is InChI=1S/C31H33N/c1-30(2,3)25-16-12-23(13-17-25)27-21-28(24-14-18-26(19-15-24)31(4,5)6)32-29(27)20-22-10-8-7-9-11-22/h7-21H,1-6H3. The Balaban J connectivity index is 1.75. The Morgan fingerprint density at radius 1 is 0.594 bits per heavy atom. The molecule has 0 radical (unpaired) electrons. The number of nitrogens with zero attached hydrogens (tertiary/aromatic N) is 1. The van der Waals surface area contributed by atoms with Gasteiger partial charge in [-0.1, -0.05) is 120 Å². The fourth-order valence-corrected chi connectivity index (χ4v) is 3.92. The van der Waals surface area contributed by atoms with Gasteiger partial charge in [-0.15, -0.1) is 0 Å². The van der Waals surface area contributed by atoms with Crippen molar-refractivity contribution < 1.29 is 0 Å². The van der Waals surface area contributed by atoms with Crippen LogP contribution in [-0.4, -0.2) is 5.71 Å². The van der Waals surface area contributed by atoms with E-state index in [0.29, 0.717) is 0 Å². The van der Waals surface area contributed by atoms with E-state index >= 15 is 0 Å². The van der Waals surface area contributed by atoms with Crippen LogP contribution in [0, 0.1) is 0 Å². The Hall–Kier alpha value is -3.19. The highest BCUT2D eigenvalue weighted by atomic mass is 14.8. The van der Waals surface area contributed by atoms with Gasteiger partial charge in [0, 0.05) is 11.1 Å². The molecule has 4 rings (SSSR count). The predicted octanol–water partition coefficient (Wildman–Crippen LogP) is 8.21. The molecule has 0 saturated carbocycles. The van der Waals surface area contributed by atoms with E-state index in [0.717, 1.165) is 22.5 Å². The van der Waals surface area contributed by atoms with Crippen molar-refractivity contribution >= 4 is 17.4 Å². The summed E-state index contributed by atoms with van der Waals surface area (Å²) in [5, 5.41) is 0. The lowest BCUT2D eigenvalue weighted by molar-refractivity contribution is 0.590. The fraction of sp³-hybridized carbons (Fsp3) is 0.258. The summed E-state index contributed by atoms with van der Waals surface area (Å²) in [6, 6.07) is 28.2. The highest BCUT2D eigenvalue weighted by Crippen LogP contribution is 2.34. The predicted molar refractivity (Wildman–Crippen MR) is 139 cm³/mol. The summed E-state index contributed by atoms with van der Waals surface area (Å²) in [6.45, 7) is 13.5. The normalized spacial score (nSPS) is 15.6. The second-order valence-corrected chi connectivity index (χ2v) is 10.7. The van der Waals surface area contributed by atoms with E-state index in [2.05, 4.69) is 126 Å². The van der Waals surface area contributed by atoms with E-state index in [-0.39, 0.29) is 10.8 Å². The fourth-order valence-electron chi connectivity index (χ4n) is 3.92. The number of hydrogen-bond acceptors (Lipinski definition) is 1.